The molecular weight excluding hydrogens is 312 g/mol. The molecule has 2 rings (SSSR count). The molecular formula is C17H24N2OS2. The van der Waals surface area contributed by atoms with Gasteiger partial charge in [0.05, 0.1) is 5.69 Å². The van der Waals surface area contributed by atoms with Crippen LogP contribution in [0.4, 0.5) is 5.13 Å². The van der Waals surface area contributed by atoms with Gasteiger partial charge in [-0.05, 0) is 44.9 Å². The molecule has 1 fully saturated rings. The van der Waals surface area contributed by atoms with E-state index in [1.165, 1.54) is 33.1 Å². The zero-order valence-electron chi connectivity index (χ0n) is 13.7. The largest absolute Gasteiger partial charge is 0.302 e. The molecule has 120 valence electrons. The summed E-state index contributed by atoms with van der Waals surface area (Å²) in [6.45, 7) is 8.48. The van der Waals surface area contributed by atoms with Crippen molar-refractivity contribution < 1.29 is 4.79 Å². The van der Waals surface area contributed by atoms with Crippen LogP contribution in [0, 0.1) is 5.92 Å². The van der Waals surface area contributed by atoms with Crippen molar-refractivity contribution in [3.63, 3.8) is 0 Å². The predicted molar refractivity (Wildman–Crippen MR) is 98.0 cm³/mol. The number of thiazole rings is 1. The minimum Gasteiger partial charge on any atom is -0.302 e. The number of carbonyl (C=O) groups is 1. The third-order valence-electron chi connectivity index (χ3n) is 3.65. The maximum atomic E-state index is 12.0. The van der Waals surface area contributed by atoms with Gasteiger partial charge in [0.15, 0.2) is 5.13 Å². The van der Waals surface area contributed by atoms with Gasteiger partial charge in [0.25, 0.3) is 0 Å². The van der Waals surface area contributed by atoms with E-state index in [0.29, 0.717) is 5.13 Å². The van der Waals surface area contributed by atoms with Crippen LogP contribution in [0.3, 0.4) is 0 Å². The lowest BCUT2D eigenvalue weighted by molar-refractivity contribution is -0.122. The molecule has 1 aromatic heterocycles. The van der Waals surface area contributed by atoms with E-state index in [4.69, 9.17) is 0 Å². The number of rotatable bonds is 6. The fourth-order valence-electron chi connectivity index (χ4n) is 2.21. The first-order chi connectivity index (χ1) is 10.5. The minimum atomic E-state index is 0.126. The van der Waals surface area contributed by atoms with E-state index >= 15 is 0 Å². The number of allylic oxidation sites excluding steroid dienone is 3. The highest BCUT2D eigenvalue weighted by atomic mass is 32.2. The molecule has 1 N–H and O–H groups in total. The Balaban J connectivity index is 2.08. The Bertz CT molecular complexity index is 594. The van der Waals surface area contributed by atoms with Crippen LogP contribution in [-0.4, -0.2) is 10.9 Å². The summed E-state index contributed by atoms with van der Waals surface area (Å²) in [5.74, 6) is 0.319. The van der Waals surface area contributed by atoms with Crippen molar-refractivity contribution in [2.45, 2.75) is 53.4 Å². The Labute approximate surface area is 141 Å². The highest BCUT2D eigenvalue weighted by molar-refractivity contribution is 8.11. The summed E-state index contributed by atoms with van der Waals surface area (Å²) >= 11 is 3.26. The lowest BCUT2D eigenvalue weighted by Gasteiger charge is -2.23. The van der Waals surface area contributed by atoms with Crippen molar-refractivity contribution in [3.05, 3.63) is 27.6 Å². The topological polar surface area (TPSA) is 42.0 Å². The Morgan fingerprint density at radius 3 is 2.73 bits per heavy atom. The Kier molecular flexibility index (Phi) is 6.26. The summed E-state index contributed by atoms with van der Waals surface area (Å²) < 4.78 is 0. The number of hydrogen-bond donors (Lipinski definition) is 1. The highest BCUT2D eigenvalue weighted by Gasteiger charge is 2.25. The van der Waals surface area contributed by atoms with Crippen molar-refractivity contribution >= 4 is 39.0 Å². The van der Waals surface area contributed by atoms with Crippen LogP contribution in [0.1, 0.15) is 59.1 Å². The van der Waals surface area contributed by atoms with Crippen molar-refractivity contribution in [1.29, 1.82) is 0 Å². The van der Waals surface area contributed by atoms with Gasteiger partial charge in [-0.25, -0.2) is 4.98 Å². The van der Waals surface area contributed by atoms with Crippen LogP contribution in [0.5, 0.6) is 0 Å². The van der Waals surface area contributed by atoms with Crippen molar-refractivity contribution in [1.82, 2.24) is 4.98 Å². The molecule has 0 spiro atoms. The van der Waals surface area contributed by atoms with Crippen LogP contribution in [0.15, 0.2) is 21.9 Å². The van der Waals surface area contributed by atoms with Crippen LogP contribution in [0.25, 0.3) is 4.91 Å². The normalized spacial score (nSPS) is 15.4. The van der Waals surface area contributed by atoms with Gasteiger partial charge in [0.2, 0.25) is 5.91 Å². The predicted octanol–water partition coefficient (Wildman–Crippen LogP) is 5.68. The molecule has 0 aliphatic heterocycles. The summed E-state index contributed by atoms with van der Waals surface area (Å²) in [6.07, 6.45) is 6.46. The SMILES string of the molecule is CC/C=C(\C)SC(=C(C)C)c1csc(NC(=O)C2CCC2)n1. The zero-order chi connectivity index (χ0) is 16.1. The lowest BCUT2D eigenvalue weighted by Crippen LogP contribution is -2.27. The zero-order valence-corrected chi connectivity index (χ0v) is 15.4. The van der Waals surface area contributed by atoms with Gasteiger partial charge in [-0.3, -0.25) is 4.79 Å². The molecule has 1 amide bonds. The van der Waals surface area contributed by atoms with Crippen molar-refractivity contribution in [2.24, 2.45) is 5.92 Å². The number of amides is 1. The van der Waals surface area contributed by atoms with Gasteiger partial charge in [-0.15, -0.1) is 11.3 Å². The van der Waals surface area contributed by atoms with E-state index in [0.717, 1.165) is 25.0 Å². The second-order valence-electron chi connectivity index (χ2n) is 5.81. The van der Waals surface area contributed by atoms with E-state index in [1.807, 2.05) is 5.38 Å². The molecule has 3 nitrogen and oxygen atoms in total. The maximum absolute atomic E-state index is 12.0. The molecule has 1 aliphatic carbocycles. The van der Waals surface area contributed by atoms with E-state index in [9.17, 15) is 4.79 Å². The van der Waals surface area contributed by atoms with E-state index in [-0.39, 0.29) is 11.8 Å². The molecule has 1 aromatic rings. The molecule has 0 radical (unpaired) electrons. The van der Waals surface area contributed by atoms with Crippen molar-refractivity contribution in [2.75, 3.05) is 5.32 Å². The van der Waals surface area contributed by atoms with Gasteiger partial charge in [0.1, 0.15) is 0 Å². The minimum absolute atomic E-state index is 0.126. The summed E-state index contributed by atoms with van der Waals surface area (Å²) in [5.41, 5.74) is 2.21. The Morgan fingerprint density at radius 2 is 2.18 bits per heavy atom. The van der Waals surface area contributed by atoms with E-state index < -0.39 is 0 Å². The fourth-order valence-corrected chi connectivity index (χ4v) is 3.98. The number of hydrogen-bond acceptors (Lipinski definition) is 4. The molecule has 1 saturated carbocycles. The molecule has 5 heteroatoms. The van der Waals surface area contributed by atoms with Crippen molar-refractivity contribution in [3.8, 4) is 0 Å². The standard InChI is InChI=1S/C17H24N2OS2/c1-5-7-12(4)22-15(11(2)3)14-10-21-17(18-14)19-16(20)13-8-6-9-13/h7,10,13H,5-6,8-9H2,1-4H3,(H,18,19,20)/b12-7+. The van der Waals surface area contributed by atoms with Gasteiger partial charge >= 0.3 is 0 Å². The van der Waals surface area contributed by atoms with Crippen LogP contribution in [0.2, 0.25) is 0 Å². The third kappa shape index (κ3) is 4.46. The Hall–Kier alpha value is -1.07. The number of thioether (sulfide) groups is 1. The quantitative estimate of drug-likeness (QED) is 0.726. The number of nitrogens with zero attached hydrogens (tertiary/aromatic N) is 1. The smallest absolute Gasteiger partial charge is 0.229 e. The first kappa shape index (κ1) is 17.3. The molecule has 0 aromatic carbocycles. The number of aromatic nitrogens is 1. The first-order valence-electron chi connectivity index (χ1n) is 7.80. The van der Waals surface area contributed by atoms with E-state index in [1.54, 1.807) is 11.8 Å². The van der Waals surface area contributed by atoms with Gasteiger partial charge < -0.3 is 5.32 Å². The molecule has 0 unspecified atom stereocenters. The number of nitrogens with one attached hydrogen (secondary N) is 1. The maximum Gasteiger partial charge on any atom is 0.229 e. The summed E-state index contributed by atoms with van der Waals surface area (Å²) in [7, 11) is 0. The second-order valence-corrected chi connectivity index (χ2v) is 7.92. The lowest BCUT2D eigenvalue weighted by atomic mass is 9.85. The molecule has 0 atom stereocenters. The summed E-state index contributed by atoms with van der Waals surface area (Å²) in [5, 5.41) is 5.70. The van der Waals surface area contributed by atoms with Gasteiger partial charge in [-0.1, -0.05) is 36.8 Å². The Morgan fingerprint density at radius 1 is 1.45 bits per heavy atom. The summed E-state index contributed by atoms with van der Waals surface area (Å²) in [4.78, 5) is 19.1. The number of carbonyl (C=O) groups excluding carboxylic acids is 1. The van der Waals surface area contributed by atoms with Gasteiger partial charge in [-0.2, -0.15) is 0 Å². The molecule has 0 bridgehead atoms. The summed E-state index contributed by atoms with van der Waals surface area (Å²) in [6, 6.07) is 0. The fraction of sp³-hybridized carbons (Fsp3) is 0.529. The van der Waals surface area contributed by atoms with Crippen LogP contribution in [-0.2, 0) is 4.79 Å². The van der Waals surface area contributed by atoms with Crippen LogP contribution < -0.4 is 5.32 Å². The average Bonchev–Trinajstić information content (AvgIpc) is 2.81. The van der Waals surface area contributed by atoms with E-state index in [2.05, 4.69) is 44.1 Å². The number of anilines is 1. The third-order valence-corrected chi connectivity index (χ3v) is 5.72. The molecule has 22 heavy (non-hydrogen) atoms. The highest BCUT2D eigenvalue weighted by Crippen LogP contribution is 2.37. The second kappa shape index (κ2) is 7.97. The monoisotopic (exact) mass is 336 g/mol. The molecule has 1 aliphatic rings. The molecule has 1 heterocycles. The first-order valence-corrected chi connectivity index (χ1v) is 9.49. The average molecular weight is 337 g/mol. The van der Waals surface area contributed by atoms with Gasteiger partial charge in [0, 0.05) is 16.2 Å². The molecule has 0 saturated heterocycles. The van der Waals surface area contributed by atoms with Crippen LogP contribution >= 0.6 is 23.1 Å².